The van der Waals surface area contributed by atoms with Gasteiger partial charge >= 0.3 is 0 Å². The van der Waals surface area contributed by atoms with Crippen LogP contribution in [0, 0.1) is 0 Å². The number of hydrogen-bond acceptors (Lipinski definition) is 1. The first-order chi connectivity index (χ1) is 11.0. The summed E-state index contributed by atoms with van der Waals surface area (Å²) in [6.07, 6.45) is 1.10. The molecule has 118 valence electrons. The van der Waals surface area contributed by atoms with E-state index in [1.165, 1.54) is 38.9 Å². The fourth-order valence-corrected chi connectivity index (χ4v) is 3.61. The van der Waals surface area contributed by atoms with E-state index in [1.54, 1.807) is 0 Å². The fraction of sp³-hybridized carbons (Fsp3) is 0.333. The van der Waals surface area contributed by atoms with Gasteiger partial charge < -0.3 is 10.3 Å². The summed E-state index contributed by atoms with van der Waals surface area (Å²) < 4.78 is 0. The standard InChI is InChI=1S/C21H24N2/c1-21(2,3)15-9-7-14(8-10-15)16-5-4-6-18-20(16)17-11-12-22-13-19(17)23-18/h4-10,22-23H,11-13H2,1-3H3. The van der Waals surface area contributed by atoms with Crippen LogP contribution in [-0.2, 0) is 18.4 Å². The Labute approximate surface area is 137 Å². The third-order valence-corrected chi connectivity index (χ3v) is 4.93. The molecule has 0 fully saturated rings. The van der Waals surface area contributed by atoms with Crippen LogP contribution in [0.25, 0.3) is 22.0 Å². The van der Waals surface area contributed by atoms with Crippen molar-refractivity contribution in [1.29, 1.82) is 0 Å². The molecular weight excluding hydrogens is 280 g/mol. The van der Waals surface area contributed by atoms with Crippen LogP contribution in [0.2, 0.25) is 0 Å². The van der Waals surface area contributed by atoms with E-state index in [9.17, 15) is 0 Å². The van der Waals surface area contributed by atoms with Crippen molar-refractivity contribution in [3.63, 3.8) is 0 Å². The number of aromatic nitrogens is 1. The van der Waals surface area contributed by atoms with Gasteiger partial charge in [0, 0.05) is 23.1 Å². The van der Waals surface area contributed by atoms with Crippen LogP contribution in [0.15, 0.2) is 42.5 Å². The van der Waals surface area contributed by atoms with Crippen LogP contribution in [-0.4, -0.2) is 11.5 Å². The average Bonchev–Trinajstić information content (AvgIpc) is 2.93. The Bertz CT molecular complexity index is 848. The molecule has 2 heterocycles. The number of H-pyrrole nitrogens is 1. The summed E-state index contributed by atoms with van der Waals surface area (Å²) in [6.45, 7) is 8.80. The van der Waals surface area contributed by atoms with E-state index in [-0.39, 0.29) is 5.41 Å². The topological polar surface area (TPSA) is 27.8 Å². The molecular formula is C21H24N2. The summed E-state index contributed by atoms with van der Waals surface area (Å²) in [7, 11) is 0. The van der Waals surface area contributed by atoms with Crippen molar-refractivity contribution >= 4 is 10.9 Å². The Morgan fingerprint density at radius 1 is 0.957 bits per heavy atom. The second-order valence-corrected chi connectivity index (χ2v) is 7.56. The number of nitrogens with one attached hydrogen (secondary N) is 2. The van der Waals surface area contributed by atoms with Crippen LogP contribution >= 0.6 is 0 Å². The van der Waals surface area contributed by atoms with Crippen LogP contribution in [0.4, 0.5) is 0 Å². The maximum atomic E-state index is 3.60. The third-order valence-electron chi connectivity index (χ3n) is 4.93. The van der Waals surface area contributed by atoms with E-state index in [0.717, 1.165) is 19.5 Å². The highest BCUT2D eigenvalue weighted by molar-refractivity contribution is 5.98. The maximum Gasteiger partial charge on any atom is 0.0465 e. The van der Waals surface area contributed by atoms with Crippen LogP contribution < -0.4 is 5.32 Å². The minimum absolute atomic E-state index is 0.198. The number of fused-ring (bicyclic) bond motifs is 3. The minimum atomic E-state index is 0.198. The van der Waals surface area contributed by atoms with E-state index < -0.39 is 0 Å². The predicted molar refractivity (Wildman–Crippen MR) is 97.8 cm³/mol. The molecule has 0 aliphatic carbocycles. The second-order valence-electron chi connectivity index (χ2n) is 7.56. The number of rotatable bonds is 1. The lowest BCUT2D eigenvalue weighted by Crippen LogP contribution is -2.23. The lowest BCUT2D eigenvalue weighted by atomic mass is 9.86. The summed E-state index contributed by atoms with van der Waals surface area (Å²) in [6, 6.07) is 15.7. The van der Waals surface area contributed by atoms with E-state index in [1.807, 2.05) is 0 Å². The SMILES string of the molecule is CC(C)(C)c1ccc(-c2cccc3[nH]c4c(c23)CCNC4)cc1. The van der Waals surface area contributed by atoms with E-state index >= 15 is 0 Å². The van der Waals surface area contributed by atoms with Gasteiger partial charge in [0.2, 0.25) is 0 Å². The number of aromatic amines is 1. The van der Waals surface area contributed by atoms with Crippen molar-refractivity contribution in [1.82, 2.24) is 10.3 Å². The molecule has 1 aliphatic heterocycles. The van der Waals surface area contributed by atoms with Crippen molar-refractivity contribution in [3.05, 3.63) is 59.3 Å². The van der Waals surface area contributed by atoms with Crippen molar-refractivity contribution in [2.24, 2.45) is 0 Å². The molecule has 1 aliphatic rings. The molecule has 0 saturated heterocycles. The maximum absolute atomic E-state index is 3.60. The van der Waals surface area contributed by atoms with Crippen LogP contribution in [0.3, 0.4) is 0 Å². The molecule has 0 atom stereocenters. The highest BCUT2D eigenvalue weighted by atomic mass is 14.9. The van der Waals surface area contributed by atoms with Gasteiger partial charge in [-0.1, -0.05) is 57.2 Å². The molecule has 2 heteroatoms. The van der Waals surface area contributed by atoms with Gasteiger partial charge in [-0.3, -0.25) is 0 Å². The molecule has 1 aromatic heterocycles. The van der Waals surface area contributed by atoms with E-state index in [0.29, 0.717) is 0 Å². The van der Waals surface area contributed by atoms with Crippen LogP contribution in [0.1, 0.15) is 37.6 Å². The zero-order valence-electron chi connectivity index (χ0n) is 14.2. The lowest BCUT2D eigenvalue weighted by molar-refractivity contribution is 0.590. The smallest absolute Gasteiger partial charge is 0.0465 e. The Morgan fingerprint density at radius 3 is 2.48 bits per heavy atom. The normalized spacial score (nSPS) is 14.9. The predicted octanol–water partition coefficient (Wildman–Crippen LogP) is 4.78. The van der Waals surface area contributed by atoms with Crippen molar-refractivity contribution < 1.29 is 0 Å². The monoisotopic (exact) mass is 304 g/mol. The quantitative estimate of drug-likeness (QED) is 0.665. The molecule has 0 spiro atoms. The van der Waals surface area contributed by atoms with Gasteiger partial charge in [-0.2, -0.15) is 0 Å². The van der Waals surface area contributed by atoms with Gasteiger partial charge in [0.05, 0.1) is 0 Å². The molecule has 0 bridgehead atoms. The van der Waals surface area contributed by atoms with Gasteiger partial charge in [0.25, 0.3) is 0 Å². The Hall–Kier alpha value is -2.06. The first-order valence-electron chi connectivity index (χ1n) is 8.48. The van der Waals surface area contributed by atoms with Gasteiger partial charge in [-0.15, -0.1) is 0 Å². The molecule has 3 aromatic rings. The largest absolute Gasteiger partial charge is 0.357 e. The number of benzene rings is 2. The molecule has 4 rings (SSSR count). The molecule has 23 heavy (non-hydrogen) atoms. The lowest BCUT2D eigenvalue weighted by Gasteiger charge is -2.19. The summed E-state index contributed by atoms with van der Waals surface area (Å²) in [5.74, 6) is 0. The summed E-state index contributed by atoms with van der Waals surface area (Å²) >= 11 is 0. The Kier molecular flexibility index (Phi) is 3.31. The Morgan fingerprint density at radius 2 is 1.74 bits per heavy atom. The van der Waals surface area contributed by atoms with Gasteiger partial charge in [-0.25, -0.2) is 0 Å². The molecule has 0 radical (unpaired) electrons. The van der Waals surface area contributed by atoms with Crippen molar-refractivity contribution in [2.75, 3.05) is 6.54 Å². The third kappa shape index (κ3) is 2.47. The molecule has 0 amide bonds. The summed E-state index contributed by atoms with van der Waals surface area (Å²) in [4.78, 5) is 3.60. The van der Waals surface area contributed by atoms with Crippen molar-refractivity contribution in [2.45, 2.75) is 39.2 Å². The Balaban J connectivity index is 1.87. The fourth-order valence-electron chi connectivity index (χ4n) is 3.61. The molecule has 2 aromatic carbocycles. The first-order valence-corrected chi connectivity index (χ1v) is 8.48. The minimum Gasteiger partial charge on any atom is -0.357 e. The highest BCUT2D eigenvalue weighted by Crippen LogP contribution is 2.35. The van der Waals surface area contributed by atoms with E-state index in [2.05, 4.69) is 73.5 Å². The van der Waals surface area contributed by atoms with E-state index in [4.69, 9.17) is 0 Å². The van der Waals surface area contributed by atoms with Crippen LogP contribution in [0.5, 0.6) is 0 Å². The van der Waals surface area contributed by atoms with Gasteiger partial charge in [0.1, 0.15) is 0 Å². The van der Waals surface area contributed by atoms with Gasteiger partial charge in [-0.05, 0) is 46.7 Å². The second kappa shape index (κ2) is 5.24. The van der Waals surface area contributed by atoms with Gasteiger partial charge in [0.15, 0.2) is 0 Å². The van der Waals surface area contributed by atoms with Crippen molar-refractivity contribution in [3.8, 4) is 11.1 Å². The number of hydrogen-bond donors (Lipinski definition) is 2. The summed E-state index contributed by atoms with van der Waals surface area (Å²) in [5, 5.41) is 4.86. The molecule has 2 nitrogen and oxygen atoms in total. The zero-order chi connectivity index (χ0) is 16.0. The molecule has 2 N–H and O–H groups in total. The average molecular weight is 304 g/mol. The summed E-state index contributed by atoms with van der Waals surface area (Å²) in [5.41, 5.74) is 8.35. The first kappa shape index (κ1) is 14.5. The molecule has 0 saturated carbocycles. The highest BCUT2D eigenvalue weighted by Gasteiger charge is 2.18. The molecule has 0 unspecified atom stereocenters. The zero-order valence-corrected chi connectivity index (χ0v) is 14.2.